The molecular weight excluding hydrogens is 232 g/mol. The lowest BCUT2D eigenvalue weighted by Crippen LogP contribution is -2.27. The third-order valence-electron chi connectivity index (χ3n) is 3.11. The molecule has 0 bridgehead atoms. The molecule has 6 heteroatoms. The van der Waals surface area contributed by atoms with E-state index in [2.05, 4.69) is 22.4 Å². The van der Waals surface area contributed by atoms with Gasteiger partial charge in [-0.15, -0.1) is 10.2 Å². The van der Waals surface area contributed by atoms with Gasteiger partial charge in [-0.25, -0.2) is 0 Å². The Balaban J connectivity index is 2.16. The number of carboxylic acid groups (broad SMARTS) is 1. The summed E-state index contributed by atoms with van der Waals surface area (Å²) in [4.78, 5) is 10.7. The molecule has 102 valence electrons. The van der Waals surface area contributed by atoms with E-state index in [-0.39, 0.29) is 5.92 Å². The van der Waals surface area contributed by atoms with Gasteiger partial charge >= 0.3 is 5.97 Å². The summed E-state index contributed by atoms with van der Waals surface area (Å²) in [5.74, 6) is -0.0635. The minimum absolute atomic E-state index is 0.254. The van der Waals surface area contributed by atoms with Crippen molar-refractivity contribution in [3.8, 4) is 0 Å². The summed E-state index contributed by atoms with van der Waals surface area (Å²) in [6, 6.07) is 0.350. The highest BCUT2D eigenvalue weighted by Gasteiger charge is 2.11. The maximum atomic E-state index is 10.7. The van der Waals surface area contributed by atoms with E-state index in [9.17, 15) is 4.79 Å². The maximum absolute atomic E-state index is 10.7. The number of aromatic nitrogens is 3. The van der Waals surface area contributed by atoms with E-state index < -0.39 is 5.97 Å². The van der Waals surface area contributed by atoms with E-state index in [0.29, 0.717) is 12.6 Å². The third-order valence-corrected chi connectivity index (χ3v) is 3.11. The van der Waals surface area contributed by atoms with E-state index in [1.165, 1.54) is 0 Å². The molecule has 0 fully saturated rings. The van der Waals surface area contributed by atoms with Crippen molar-refractivity contribution in [3.05, 3.63) is 12.2 Å². The number of hydrogen-bond donors (Lipinski definition) is 2. The smallest absolute Gasteiger partial charge is 0.306 e. The molecule has 2 unspecified atom stereocenters. The van der Waals surface area contributed by atoms with Crippen LogP contribution >= 0.6 is 0 Å². The summed E-state index contributed by atoms with van der Waals surface area (Å²) in [6.07, 6.45) is 4.29. The minimum atomic E-state index is -0.713. The number of nitrogens with zero attached hydrogens (tertiary/aromatic N) is 3. The predicted octanol–water partition coefficient (Wildman–Crippen LogP) is 1.18. The van der Waals surface area contributed by atoms with Crippen molar-refractivity contribution in [1.29, 1.82) is 0 Å². The van der Waals surface area contributed by atoms with Gasteiger partial charge in [0.15, 0.2) is 0 Å². The SMILES string of the molecule is CC(CCCC(C)C(=O)O)NCc1nncn1C. The zero-order valence-electron chi connectivity index (χ0n) is 11.3. The molecule has 0 amide bonds. The van der Waals surface area contributed by atoms with Crippen LogP contribution in [0.4, 0.5) is 0 Å². The number of aliphatic carboxylic acids is 1. The van der Waals surface area contributed by atoms with Crippen LogP contribution in [0.3, 0.4) is 0 Å². The van der Waals surface area contributed by atoms with Crippen molar-refractivity contribution >= 4 is 5.97 Å². The monoisotopic (exact) mass is 254 g/mol. The zero-order valence-corrected chi connectivity index (χ0v) is 11.3. The average Bonchev–Trinajstić information content (AvgIpc) is 2.72. The highest BCUT2D eigenvalue weighted by molar-refractivity contribution is 5.69. The fourth-order valence-corrected chi connectivity index (χ4v) is 1.69. The Bertz CT molecular complexity index is 378. The maximum Gasteiger partial charge on any atom is 0.306 e. The molecule has 0 saturated heterocycles. The first-order valence-electron chi connectivity index (χ1n) is 6.29. The van der Waals surface area contributed by atoms with Crippen LogP contribution in [0.2, 0.25) is 0 Å². The molecule has 0 radical (unpaired) electrons. The Labute approximate surface area is 107 Å². The molecular formula is C12H22N4O2. The molecule has 1 heterocycles. The van der Waals surface area contributed by atoms with Crippen LogP contribution in [0.25, 0.3) is 0 Å². The fraction of sp³-hybridized carbons (Fsp3) is 0.750. The molecule has 2 N–H and O–H groups in total. The van der Waals surface area contributed by atoms with Gasteiger partial charge in [-0.2, -0.15) is 0 Å². The first-order chi connectivity index (χ1) is 8.50. The van der Waals surface area contributed by atoms with Gasteiger partial charge in [0.25, 0.3) is 0 Å². The molecule has 18 heavy (non-hydrogen) atoms. The number of rotatable bonds is 8. The summed E-state index contributed by atoms with van der Waals surface area (Å²) in [6.45, 7) is 4.54. The van der Waals surface area contributed by atoms with Gasteiger partial charge in [0.05, 0.1) is 12.5 Å². The second-order valence-corrected chi connectivity index (χ2v) is 4.81. The van der Waals surface area contributed by atoms with Crippen LogP contribution < -0.4 is 5.32 Å². The van der Waals surface area contributed by atoms with Crippen molar-refractivity contribution in [2.24, 2.45) is 13.0 Å². The number of aryl methyl sites for hydroxylation is 1. The van der Waals surface area contributed by atoms with E-state index in [0.717, 1.165) is 25.1 Å². The summed E-state index contributed by atoms with van der Waals surface area (Å²) >= 11 is 0. The quantitative estimate of drug-likeness (QED) is 0.728. The van der Waals surface area contributed by atoms with Crippen molar-refractivity contribution in [3.63, 3.8) is 0 Å². The van der Waals surface area contributed by atoms with Crippen LogP contribution in [0.5, 0.6) is 0 Å². The largest absolute Gasteiger partial charge is 0.481 e. The molecule has 2 atom stereocenters. The number of nitrogens with one attached hydrogen (secondary N) is 1. The average molecular weight is 254 g/mol. The summed E-state index contributed by atoms with van der Waals surface area (Å²) in [5, 5.41) is 19.9. The molecule has 6 nitrogen and oxygen atoms in total. The highest BCUT2D eigenvalue weighted by atomic mass is 16.4. The van der Waals surface area contributed by atoms with Gasteiger partial charge in [0.2, 0.25) is 0 Å². The lowest BCUT2D eigenvalue weighted by atomic mass is 10.0. The van der Waals surface area contributed by atoms with Crippen molar-refractivity contribution in [1.82, 2.24) is 20.1 Å². The molecule has 0 aliphatic heterocycles. The Hall–Kier alpha value is -1.43. The van der Waals surface area contributed by atoms with Gasteiger partial charge in [-0.3, -0.25) is 4.79 Å². The Morgan fingerprint density at radius 2 is 2.22 bits per heavy atom. The summed E-state index contributed by atoms with van der Waals surface area (Å²) < 4.78 is 1.88. The highest BCUT2D eigenvalue weighted by Crippen LogP contribution is 2.09. The zero-order chi connectivity index (χ0) is 13.5. The normalized spacial score (nSPS) is 14.4. The van der Waals surface area contributed by atoms with Crippen molar-refractivity contribution < 1.29 is 9.90 Å². The van der Waals surface area contributed by atoms with Crippen LogP contribution in [0, 0.1) is 5.92 Å². The molecule has 1 aromatic rings. The molecule has 0 spiro atoms. The lowest BCUT2D eigenvalue weighted by Gasteiger charge is -2.14. The van der Waals surface area contributed by atoms with Gasteiger partial charge in [0, 0.05) is 13.1 Å². The molecule has 1 aromatic heterocycles. The second kappa shape index (κ2) is 7.10. The molecule has 0 aliphatic rings. The van der Waals surface area contributed by atoms with Gasteiger partial charge in [-0.05, 0) is 19.8 Å². The van der Waals surface area contributed by atoms with E-state index >= 15 is 0 Å². The van der Waals surface area contributed by atoms with Crippen molar-refractivity contribution in [2.45, 2.75) is 45.7 Å². The second-order valence-electron chi connectivity index (χ2n) is 4.81. The summed E-state index contributed by atoms with van der Waals surface area (Å²) in [7, 11) is 1.91. The first kappa shape index (κ1) is 14.6. The number of carboxylic acids is 1. The van der Waals surface area contributed by atoms with Gasteiger partial charge in [0.1, 0.15) is 12.2 Å². The standard InChI is InChI=1S/C12H22N4O2/c1-9(12(17)18)5-4-6-10(2)13-7-11-15-14-8-16(11)3/h8-10,13H,4-7H2,1-3H3,(H,17,18). The molecule has 0 aromatic carbocycles. The predicted molar refractivity (Wildman–Crippen MR) is 68.0 cm³/mol. The Kier molecular flexibility index (Phi) is 5.77. The van der Waals surface area contributed by atoms with Gasteiger partial charge in [-0.1, -0.05) is 13.3 Å². The van der Waals surface area contributed by atoms with E-state index in [4.69, 9.17) is 5.11 Å². The minimum Gasteiger partial charge on any atom is -0.481 e. The van der Waals surface area contributed by atoms with E-state index in [1.54, 1.807) is 13.3 Å². The Morgan fingerprint density at radius 1 is 1.50 bits per heavy atom. The Morgan fingerprint density at radius 3 is 2.78 bits per heavy atom. The summed E-state index contributed by atoms with van der Waals surface area (Å²) in [5.41, 5.74) is 0. The topological polar surface area (TPSA) is 80.0 Å². The number of carbonyl (C=O) groups is 1. The third kappa shape index (κ3) is 4.83. The first-order valence-corrected chi connectivity index (χ1v) is 6.29. The lowest BCUT2D eigenvalue weighted by molar-refractivity contribution is -0.141. The van der Waals surface area contributed by atoms with Crippen LogP contribution in [-0.4, -0.2) is 31.9 Å². The molecule has 0 saturated carbocycles. The van der Waals surface area contributed by atoms with Crippen LogP contribution in [-0.2, 0) is 18.4 Å². The van der Waals surface area contributed by atoms with Gasteiger partial charge < -0.3 is 15.0 Å². The van der Waals surface area contributed by atoms with E-state index in [1.807, 2.05) is 11.6 Å². The number of hydrogen-bond acceptors (Lipinski definition) is 4. The molecule has 1 rings (SSSR count). The van der Waals surface area contributed by atoms with Crippen LogP contribution in [0.1, 0.15) is 38.9 Å². The van der Waals surface area contributed by atoms with Crippen LogP contribution in [0.15, 0.2) is 6.33 Å². The fourth-order valence-electron chi connectivity index (χ4n) is 1.69. The van der Waals surface area contributed by atoms with Crippen molar-refractivity contribution in [2.75, 3.05) is 0 Å². The molecule has 0 aliphatic carbocycles.